The van der Waals surface area contributed by atoms with Gasteiger partial charge in [-0.3, -0.25) is 9.69 Å². The van der Waals surface area contributed by atoms with Gasteiger partial charge in [0.25, 0.3) is 5.91 Å². The van der Waals surface area contributed by atoms with Crippen LogP contribution in [0.3, 0.4) is 0 Å². The maximum atomic E-state index is 13.5. The number of halogens is 4. The number of ether oxygens (including phenoxy) is 1. The molecule has 2 aliphatic heterocycles. The molecular formula is C29H27ClF3N3O2. The number of nitrogens with zero attached hydrogens (tertiary/aromatic N) is 3. The first-order valence-corrected chi connectivity index (χ1v) is 12.8. The Labute approximate surface area is 224 Å². The van der Waals surface area contributed by atoms with Crippen LogP contribution in [0.25, 0.3) is 6.08 Å². The Balaban J connectivity index is 1.36. The summed E-state index contributed by atoms with van der Waals surface area (Å²) in [6.07, 6.45) is 2.30. The summed E-state index contributed by atoms with van der Waals surface area (Å²) >= 11 is 6.01. The first kappa shape index (κ1) is 26.3. The summed E-state index contributed by atoms with van der Waals surface area (Å²) < 4.78 is 43.2. The second-order valence-corrected chi connectivity index (χ2v) is 10.3. The van der Waals surface area contributed by atoms with E-state index in [4.69, 9.17) is 11.6 Å². The second kappa shape index (κ2) is 10.4. The quantitative estimate of drug-likeness (QED) is 0.339. The molecule has 3 heterocycles. The average Bonchev–Trinajstić information content (AvgIpc) is 3.18. The minimum absolute atomic E-state index is 0.200. The highest BCUT2D eigenvalue weighted by atomic mass is 35.5. The molecule has 0 aliphatic carbocycles. The maximum absolute atomic E-state index is 13.5. The first-order chi connectivity index (χ1) is 18.1. The number of amides is 1. The normalized spacial score (nSPS) is 17.2. The van der Waals surface area contributed by atoms with Gasteiger partial charge in [0.15, 0.2) is 0 Å². The van der Waals surface area contributed by atoms with Crippen LogP contribution < -0.4 is 9.64 Å². The molecule has 1 fully saturated rings. The van der Waals surface area contributed by atoms with Crippen molar-refractivity contribution in [2.24, 2.45) is 0 Å². The number of hydrogen-bond donors (Lipinski definition) is 0. The third-order valence-electron chi connectivity index (χ3n) is 7.31. The summed E-state index contributed by atoms with van der Waals surface area (Å²) in [6.45, 7) is 4.71. The van der Waals surface area contributed by atoms with E-state index in [0.29, 0.717) is 36.2 Å². The number of rotatable bonds is 5. The molecule has 1 amide bonds. The highest BCUT2D eigenvalue weighted by Crippen LogP contribution is 2.49. The molecule has 198 valence electrons. The molecule has 9 heteroatoms. The van der Waals surface area contributed by atoms with Gasteiger partial charge in [-0.05, 0) is 74.3 Å². The van der Waals surface area contributed by atoms with Gasteiger partial charge in [0, 0.05) is 36.0 Å². The van der Waals surface area contributed by atoms with Crippen LogP contribution in [0.5, 0.6) is 5.75 Å². The number of carbonyl (C=O) groups excluding carboxylic acids is 1. The lowest BCUT2D eigenvalue weighted by atomic mass is 9.74. The Morgan fingerprint density at radius 2 is 1.84 bits per heavy atom. The number of alkyl halides is 3. The third-order valence-corrected chi connectivity index (χ3v) is 7.51. The third kappa shape index (κ3) is 5.71. The fourth-order valence-corrected chi connectivity index (χ4v) is 5.50. The van der Waals surface area contributed by atoms with Crippen molar-refractivity contribution in [1.82, 2.24) is 9.88 Å². The molecule has 0 radical (unpaired) electrons. The van der Waals surface area contributed by atoms with E-state index in [2.05, 4.69) is 58.0 Å². The second-order valence-electron chi connectivity index (χ2n) is 9.88. The van der Waals surface area contributed by atoms with Gasteiger partial charge in [0.05, 0.1) is 0 Å². The molecule has 0 atom stereocenters. The Hall–Kier alpha value is -3.36. The fraction of sp³-hybridized carbons (Fsp3) is 0.310. The van der Waals surface area contributed by atoms with E-state index in [0.717, 1.165) is 25.2 Å². The zero-order valence-electron chi connectivity index (χ0n) is 20.8. The van der Waals surface area contributed by atoms with Crippen molar-refractivity contribution >= 4 is 29.3 Å². The Bertz CT molecular complexity index is 1350. The number of carbonyl (C=O) groups is 1. The minimum atomic E-state index is -4.80. The van der Waals surface area contributed by atoms with E-state index in [1.807, 2.05) is 0 Å². The number of hydrogen-bond acceptors (Lipinski definition) is 4. The number of benzene rings is 2. The zero-order valence-corrected chi connectivity index (χ0v) is 21.6. The van der Waals surface area contributed by atoms with Gasteiger partial charge in [-0.15, -0.1) is 13.2 Å². The SMILES string of the molecule is Cc1ccc(C=CCN2CCC3(CC2)CN(C(=O)c2ccnc(Cl)c2)c2ccc(OC(F)(F)F)cc23)cc1. The van der Waals surface area contributed by atoms with Crippen LogP contribution in [-0.4, -0.2) is 48.3 Å². The van der Waals surface area contributed by atoms with E-state index in [9.17, 15) is 18.0 Å². The lowest BCUT2D eigenvalue weighted by molar-refractivity contribution is -0.274. The largest absolute Gasteiger partial charge is 0.573 e. The van der Waals surface area contributed by atoms with Gasteiger partial charge in [-0.1, -0.05) is 53.6 Å². The number of pyridine rings is 1. The van der Waals surface area contributed by atoms with E-state index >= 15 is 0 Å². The summed E-state index contributed by atoms with van der Waals surface area (Å²) in [6, 6.07) is 15.6. The molecule has 0 bridgehead atoms. The van der Waals surface area contributed by atoms with Crippen LogP contribution in [0, 0.1) is 6.92 Å². The number of aryl methyl sites for hydroxylation is 1. The molecule has 0 N–H and O–H groups in total. The smallest absolute Gasteiger partial charge is 0.406 e. The fourth-order valence-electron chi connectivity index (χ4n) is 5.32. The molecule has 5 nitrogen and oxygen atoms in total. The van der Waals surface area contributed by atoms with Crippen molar-refractivity contribution in [2.75, 3.05) is 31.1 Å². The highest BCUT2D eigenvalue weighted by Gasteiger charge is 2.47. The predicted molar refractivity (Wildman–Crippen MR) is 142 cm³/mol. The van der Waals surface area contributed by atoms with Gasteiger partial charge >= 0.3 is 6.36 Å². The van der Waals surface area contributed by atoms with Gasteiger partial charge < -0.3 is 9.64 Å². The molecule has 5 rings (SSSR count). The molecule has 0 unspecified atom stereocenters. The van der Waals surface area contributed by atoms with Crippen LogP contribution in [0.2, 0.25) is 5.15 Å². The number of fused-ring (bicyclic) bond motifs is 2. The van der Waals surface area contributed by atoms with Crippen LogP contribution in [0.4, 0.5) is 18.9 Å². The Morgan fingerprint density at radius 3 is 2.53 bits per heavy atom. The minimum Gasteiger partial charge on any atom is -0.406 e. The van der Waals surface area contributed by atoms with Crippen LogP contribution in [0.15, 0.2) is 66.9 Å². The molecule has 3 aromatic rings. The Morgan fingerprint density at radius 1 is 1.11 bits per heavy atom. The standard InChI is InChI=1S/C29H27ClF3N3O2/c1-20-4-6-21(7-5-20)3-2-14-35-15-11-28(12-16-35)19-36(27(37)22-10-13-34-26(30)17-22)25-9-8-23(18-24(25)28)38-29(31,32)33/h2-10,13,17-18H,11-12,14-16,19H2,1H3. The van der Waals surface area contributed by atoms with Crippen LogP contribution >= 0.6 is 11.6 Å². The lowest BCUT2D eigenvalue weighted by Gasteiger charge is -2.39. The molecule has 2 aromatic carbocycles. The lowest BCUT2D eigenvalue weighted by Crippen LogP contribution is -2.46. The zero-order chi connectivity index (χ0) is 26.9. The van der Waals surface area contributed by atoms with E-state index < -0.39 is 11.8 Å². The highest BCUT2D eigenvalue weighted by molar-refractivity contribution is 6.29. The van der Waals surface area contributed by atoms with Crippen molar-refractivity contribution in [3.05, 3.63) is 94.3 Å². The molecular weight excluding hydrogens is 515 g/mol. The monoisotopic (exact) mass is 541 g/mol. The number of aromatic nitrogens is 1. The molecule has 1 saturated heterocycles. The molecule has 1 aromatic heterocycles. The predicted octanol–water partition coefficient (Wildman–Crippen LogP) is 6.65. The molecule has 0 saturated carbocycles. The van der Waals surface area contributed by atoms with E-state index in [1.165, 1.54) is 30.0 Å². The topological polar surface area (TPSA) is 45.7 Å². The Kier molecular flexibility index (Phi) is 7.20. The number of likely N-dealkylation sites (tertiary alicyclic amines) is 1. The maximum Gasteiger partial charge on any atom is 0.573 e. The summed E-state index contributed by atoms with van der Waals surface area (Å²) in [5.41, 5.74) is 3.57. The van der Waals surface area contributed by atoms with Gasteiger partial charge in [0.1, 0.15) is 10.9 Å². The van der Waals surface area contributed by atoms with Crippen molar-refractivity contribution in [3.63, 3.8) is 0 Å². The van der Waals surface area contributed by atoms with E-state index in [-0.39, 0.29) is 16.8 Å². The van der Waals surface area contributed by atoms with Crippen LogP contribution in [-0.2, 0) is 5.41 Å². The average molecular weight is 542 g/mol. The molecule has 38 heavy (non-hydrogen) atoms. The van der Waals surface area contributed by atoms with Gasteiger partial charge in [-0.25, -0.2) is 4.98 Å². The summed E-state index contributed by atoms with van der Waals surface area (Å²) in [5.74, 6) is -0.541. The molecule has 1 spiro atoms. The van der Waals surface area contributed by atoms with Crippen LogP contribution in [0.1, 0.15) is 39.9 Å². The van der Waals surface area contributed by atoms with E-state index in [1.54, 1.807) is 17.0 Å². The summed E-state index contributed by atoms with van der Waals surface area (Å²) in [7, 11) is 0. The van der Waals surface area contributed by atoms with Crippen molar-refractivity contribution in [3.8, 4) is 5.75 Å². The van der Waals surface area contributed by atoms with Crippen molar-refractivity contribution < 1.29 is 22.7 Å². The van der Waals surface area contributed by atoms with Gasteiger partial charge in [0.2, 0.25) is 0 Å². The first-order valence-electron chi connectivity index (χ1n) is 12.4. The summed E-state index contributed by atoms with van der Waals surface area (Å²) in [5, 5.41) is 0.200. The number of piperidine rings is 1. The molecule has 2 aliphatic rings. The number of anilines is 1. The van der Waals surface area contributed by atoms with Crippen molar-refractivity contribution in [1.29, 1.82) is 0 Å². The van der Waals surface area contributed by atoms with Gasteiger partial charge in [-0.2, -0.15) is 0 Å². The summed E-state index contributed by atoms with van der Waals surface area (Å²) in [4.78, 5) is 21.4. The van der Waals surface area contributed by atoms with Crippen molar-refractivity contribution in [2.45, 2.75) is 31.5 Å².